The zero-order valence-electron chi connectivity index (χ0n) is 14.7. The number of carbonyl (C=O) groups excluding carboxylic acids is 1. The van der Waals surface area contributed by atoms with Gasteiger partial charge in [-0.25, -0.2) is 4.79 Å². The molecule has 5 heteroatoms. The van der Waals surface area contributed by atoms with Crippen LogP contribution in [-0.2, 0) is 24.2 Å². The van der Waals surface area contributed by atoms with E-state index in [0.29, 0.717) is 19.7 Å². The van der Waals surface area contributed by atoms with Crippen molar-refractivity contribution in [1.29, 1.82) is 0 Å². The van der Waals surface area contributed by atoms with Gasteiger partial charge in [-0.3, -0.25) is 0 Å². The first-order chi connectivity index (χ1) is 12.7. The predicted octanol–water partition coefficient (Wildman–Crippen LogP) is 4.86. The van der Waals surface area contributed by atoms with E-state index in [1.165, 1.54) is 22.2 Å². The molecular formula is C21H21ClN2O2. The summed E-state index contributed by atoms with van der Waals surface area (Å²) in [6.45, 7) is 4.23. The molecule has 134 valence electrons. The molecule has 0 fully saturated rings. The van der Waals surface area contributed by atoms with E-state index < -0.39 is 0 Å². The monoisotopic (exact) mass is 368 g/mol. The lowest BCUT2D eigenvalue weighted by Gasteiger charge is -2.27. The number of hydrogen-bond donors (Lipinski definition) is 0. The third-order valence-corrected chi connectivity index (χ3v) is 5.17. The molecule has 4 nitrogen and oxygen atoms in total. The van der Waals surface area contributed by atoms with Gasteiger partial charge in [0.1, 0.15) is 0 Å². The highest BCUT2D eigenvalue weighted by atomic mass is 35.5. The molecule has 0 N–H and O–H groups in total. The molecule has 2 aromatic carbocycles. The molecule has 0 unspecified atom stereocenters. The second-order valence-corrected chi connectivity index (χ2v) is 6.97. The number of benzene rings is 2. The van der Waals surface area contributed by atoms with Crippen molar-refractivity contribution in [1.82, 2.24) is 9.47 Å². The molecule has 0 saturated carbocycles. The number of halogens is 1. The average molecular weight is 369 g/mol. The van der Waals surface area contributed by atoms with E-state index in [1.54, 1.807) is 4.90 Å². The minimum Gasteiger partial charge on any atom is -0.450 e. The van der Waals surface area contributed by atoms with Crippen molar-refractivity contribution in [2.75, 3.05) is 13.2 Å². The minimum absolute atomic E-state index is 0.243. The highest BCUT2D eigenvalue weighted by Gasteiger charge is 2.27. The lowest BCUT2D eigenvalue weighted by molar-refractivity contribution is 0.102. The Bertz CT molecular complexity index is 950. The van der Waals surface area contributed by atoms with E-state index in [2.05, 4.69) is 34.9 Å². The Balaban J connectivity index is 1.80. The van der Waals surface area contributed by atoms with Gasteiger partial charge in [0.05, 0.1) is 13.2 Å². The van der Waals surface area contributed by atoms with Crippen molar-refractivity contribution in [2.24, 2.45) is 0 Å². The quantitative estimate of drug-likeness (QED) is 0.661. The number of carbonyl (C=O) groups is 1. The topological polar surface area (TPSA) is 34.5 Å². The standard InChI is InChI=1S/C21H21ClN2O2/c1-2-26-21(25)23-11-10-17-18-12-16(22)8-9-19(18)24(20(17)14-23)13-15-6-4-3-5-7-15/h3-9,12H,2,10-11,13-14H2,1H3. The molecule has 0 bridgehead atoms. The van der Waals surface area contributed by atoms with Gasteiger partial charge in [-0.2, -0.15) is 0 Å². The van der Waals surface area contributed by atoms with Crippen LogP contribution < -0.4 is 0 Å². The average Bonchev–Trinajstić information content (AvgIpc) is 2.95. The molecule has 0 spiro atoms. The van der Waals surface area contributed by atoms with Gasteiger partial charge in [0, 0.05) is 34.7 Å². The van der Waals surface area contributed by atoms with E-state index in [-0.39, 0.29) is 6.09 Å². The first-order valence-electron chi connectivity index (χ1n) is 8.92. The molecule has 4 rings (SSSR count). The number of aromatic nitrogens is 1. The summed E-state index contributed by atoms with van der Waals surface area (Å²) in [7, 11) is 0. The summed E-state index contributed by atoms with van der Waals surface area (Å²) in [5, 5.41) is 1.93. The van der Waals surface area contributed by atoms with Crippen LogP contribution in [0, 0.1) is 0 Å². The summed E-state index contributed by atoms with van der Waals surface area (Å²) in [5.74, 6) is 0. The minimum atomic E-state index is -0.243. The Morgan fingerprint density at radius 1 is 1.19 bits per heavy atom. The molecule has 0 radical (unpaired) electrons. The molecule has 1 aromatic heterocycles. The van der Waals surface area contributed by atoms with Crippen molar-refractivity contribution < 1.29 is 9.53 Å². The largest absolute Gasteiger partial charge is 0.450 e. The van der Waals surface area contributed by atoms with Gasteiger partial charge in [-0.15, -0.1) is 0 Å². The van der Waals surface area contributed by atoms with Crippen molar-refractivity contribution in [3.05, 3.63) is 70.4 Å². The van der Waals surface area contributed by atoms with Gasteiger partial charge in [-0.1, -0.05) is 41.9 Å². The van der Waals surface area contributed by atoms with Crippen LogP contribution in [0.15, 0.2) is 48.5 Å². The molecule has 26 heavy (non-hydrogen) atoms. The van der Waals surface area contributed by atoms with Gasteiger partial charge in [0.2, 0.25) is 0 Å². The molecule has 1 amide bonds. The Morgan fingerprint density at radius 3 is 2.77 bits per heavy atom. The molecule has 2 heterocycles. The lowest BCUT2D eigenvalue weighted by atomic mass is 10.0. The highest BCUT2D eigenvalue weighted by Crippen LogP contribution is 2.33. The van der Waals surface area contributed by atoms with Gasteiger partial charge in [0.25, 0.3) is 0 Å². The van der Waals surface area contributed by atoms with Gasteiger partial charge >= 0.3 is 6.09 Å². The Kier molecular flexibility index (Phi) is 4.60. The molecule has 0 atom stereocenters. The number of ether oxygens (including phenoxy) is 1. The van der Waals surface area contributed by atoms with Crippen LogP contribution in [0.3, 0.4) is 0 Å². The van der Waals surface area contributed by atoms with Gasteiger partial charge in [-0.05, 0) is 42.7 Å². The summed E-state index contributed by atoms with van der Waals surface area (Å²) >= 11 is 6.26. The maximum Gasteiger partial charge on any atom is 0.410 e. The van der Waals surface area contributed by atoms with E-state index in [9.17, 15) is 4.79 Å². The molecule has 0 saturated heterocycles. The number of rotatable bonds is 3. The number of amides is 1. The van der Waals surface area contributed by atoms with Gasteiger partial charge < -0.3 is 14.2 Å². The molecule has 3 aromatic rings. The molecular weight excluding hydrogens is 348 g/mol. The predicted molar refractivity (Wildman–Crippen MR) is 104 cm³/mol. The zero-order chi connectivity index (χ0) is 18.1. The van der Waals surface area contributed by atoms with Crippen LogP contribution in [0.5, 0.6) is 0 Å². The smallest absolute Gasteiger partial charge is 0.410 e. The molecule has 1 aliphatic rings. The van der Waals surface area contributed by atoms with E-state index >= 15 is 0 Å². The van der Waals surface area contributed by atoms with E-state index in [1.807, 2.05) is 25.1 Å². The Morgan fingerprint density at radius 2 is 2.00 bits per heavy atom. The van der Waals surface area contributed by atoms with E-state index in [4.69, 9.17) is 16.3 Å². The summed E-state index contributed by atoms with van der Waals surface area (Å²) in [6, 6.07) is 16.4. The van der Waals surface area contributed by atoms with Crippen molar-refractivity contribution in [3.8, 4) is 0 Å². The van der Waals surface area contributed by atoms with E-state index in [0.717, 1.165) is 23.5 Å². The van der Waals surface area contributed by atoms with Crippen LogP contribution in [-0.4, -0.2) is 28.7 Å². The van der Waals surface area contributed by atoms with Gasteiger partial charge in [0.15, 0.2) is 0 Å². The Labute approximate surface area is 157 Å². The fourth-order valence-electron chi connectivity index (χ4n) is 3.73. The molecule has 1 aliphatic heterocycles. The second-order valence-electron chi connectivity index (χ2n) is 6.53. The summed E-state index contributed by atoms with van der Waals surface area (Å²) in [5.41, 5.74) is 4.86. The SMILES string of the molecule is CCOC(=O)N1CCc2c(n(Cc3ccccc3)c3ccc(Cl)cc23)C1. The Hall–Kier alpha value is -2.46. The van der Waals surface area contributed by atoms with Crippen molar-refractivity contribution in [2.45, 2.75) is 26.4 Å². The zero-order valence-corrected chi connectivity index (χ0v) is 15.5. The van der Waals surface area contributed by atoms with Crippen LogP contribution in [0.4, 0.5) is 4.79 Å². The van der Waals surface area contributed by atoms with Crippen LogP contribution >= 0.6 is 11.6 Å². The number of fused-ring (bicyclic) bond motifs is 3. The molecule has 0 aliphatic carbocycles. The highest BCUT2D eigenvalue weighted by molar-refractivity contribution is 6.31. The fraction of sp³-hybridized carbons (Fsp3) is 0.286. The third-order valence-electron chi connectivity index (χ3n) is 4.93. The van der Waals surface area contributed by atoms with Crippen LogP contribution in [0.25, 0.3) is 10.9 Å². The van der Waals surface area contributed by atoms with Crippen LogP contribution in [0.1, 0.15) is 23.7 Å². The first-order valence-corrected chi connectivity index (χ1v) is 9.30. The number of hydrogen-bond acceptors (Lipinski definition) is 2. The first kappa shape index (κ1) is 17.0. The fourth-order valence-corrected chi connectivity index (χ4v) is 3.90. The van der Waals surface area contributed by atoms with Crippen molar-refractivity contribution >= 4 is 28.6 Å². The second kappa shape index (κ2) is 7.04. The van der Waals surface area contributed by atoms with Crippen LogP contribution in [0.2, 0.25) is 5.02 Å². The summed E-state index contributed by atoms with van der Waals surface area (Å²) in [4.78, 5) is 14.0. The normalized spacial score (nSPS) is 13.7. The lowest BCUT2D eigenvalue weighted by Crippen LogP contribution is -2.37. The maximum absolute atomic E-state index is 12.2. The number of nitrogens with zero attached hydrogens (tertiary/aromatic N) is 2. The van der Waals surface area contributed by atoms with Crippen molar-refractivity contribution in [3.63, 3.8) is 0 Å². The summed E-state index contributed by atoms with van der Waals surface area (Å²) < 4.78 is 7.51. The third kappa shape index (κ3) is 3.06. The maximum atomic E-state index is 12.2. The summed E-state index contributed by atoms with van der Waals surface area (Å²) in [6.07, 6.45) is 0.569.